The van der Waals surface area contributed by atoms with E-state index in [1.807, 2.05) is 6.07 Å². The highest BCUT2D eigenvalue weighted by molar-refractivity contribution is 6.31. The summed E-state index contributed by atoms with van der Waals surface area (Å²) in [5.41, 5.74) is 1.67. The van der Waals surface area contributed by atoms with Gasteiger partial charge in [-0.15, -0.1) is 0 Å². The highest BCUT2D eigenvalue weighted by Crippen LogP contribution is 2.43. The molecule has 106 valence electrons. The average Bonchev–Trinajstić information content (AvgIpc) is 2.80. The first kappa shape index (κ1) is 13.6. The van der Waals surface area contributed by atoms with Crippen molar-refractivity contribution in [2.75, 3.05) is 5.32 Å². The molecular weight excluding hydrogens is 295 g/mol. The lowest BCUT2D eigenvalue weighted by molar-refractivity contribution is -0.119. The van der Waals surface area contributed by atoms with Crippen LogP contribution in [-0.2, 0) is 4.79 Å². The van der Waals surface area contributed by atoms with Gasteiger partial charge in [0.2, 0.25) is 5.91 Å². The molecule has 0 unspecified atom stereocenters. The van der Waals surface area contributed by atoms with Crippen LogP contribution in [0.4, 0.5) is 10.1 Å². The number of nitrogens with one attached hydrogen (secondary N) is 2. The molecule has 0 radical (unpaired) electrons. The molecule has 0 bridgehead atoms. The molecule has 5 nitrogen and oxygen atoms in total. The number of H-pyrrole nitrogens is 1. The third-order valence-electron chi connectivity index (χ3n) is 3.58. The number of anilines is 1. The van der Waals surface area contributed by atoms with Crippen molar-refractivity contribution in [3.8, 4) is 6.07 Å². The number of rotatable bonds is 1. The predicted molar refractivity (Wildman–Crippen MR) is 74.3 cm³/mol. The molecule has 0 saturated carbocycles. The Kier molecular flexibility index (Phi) is 3.15. The number of aromatic amines is 1. The second-order valence-electron chi connectivity index (χ2n) is 4.82. The third-order valence-corrected chi connectivity index (χ3v) is 3.91. The normalized spacial score (nSPS) is 20.6. The van der Waals surface area contributed by atoms with Crippen molar-refractivity contribution >= 4 is 23.2 Å². The number of amides is 1. The lowest BCUT2D eigenvalue weighted by atomic mass is 9.80. The molecule has 0 aliphatic carbocycles. The molecule has 0 saturated heterocycles. The minimum Gasteiger partial charge on any atom is -0.322 e. The molecule has 7 heteroatoms. The van der Waals surface area contributed by atoms with Gasteiger partial charge in [0.15, 0.2) is 0 Å². The van der Waals surface area contributed by atoms with Gasteiger partial charge in [-0.25, -0.2) is 4.39 Å². The number of nitrogens with zero attached hydrogens (tertiary/aromatic N) is 2. The summed E-state index contributed by atoms with van der Waals surface area (Å²) in [7, 11) is 0. The maximum atomic E-state index is 14.2. The Balaban J connectivity index is 2.28. The Bertz CT molecular complexity index is 760. The van der Waals surface area contributed by atoms with Gasteiger partial charge in [0.05, 0.1) is 29.1 Å². The number of carbonyl (C=O) groups is 1. The van der Waals surface area contributed by atoms with Gasteiger partial charge in [0, 0.05) is 10.6 Å². The van der Waals surface area contributed by atoms with Crippen LogP contribution < -0.4 is 5.32 Å². The van der Waals surface area contributed by atoms with Crippen molar-refractivity contribution in [2.45, 2.75) is 12.8 Å². The average molecular weight is 305 g/mol. The van der Waals surface area contributed by atoms with E-state index in [-0.39, 0.29) is 10.6 Å². The van der Waals surface area contributed by atoms with Gasteiger partial charge in [-0.1, -0.05) is 17.7 Å². The fourth-order valence-corrected chi connectivity index (χ4v) is 2.87. The van der Waals surface area contributed by atoms with Crippen LogP contribution in [0.25, 0.3) is 0 Å². The number of hydrogen-bond acceptors (Lipinski definition) is 3. The van der Waals surface area contributed by atoms with Crippen LogP contribution in [0.3, 0.4) is 0 Å². The molecule has 0 fully saturated rings. The molecular formula is C14H10ClFN4O. The summed E-state index contributed by atoms with van der Waals surface area (Å²) in [6.45, 7) is 1.73. The van der Waals surface area contributed by atoms with Crippen molar-refractivity contribution in [1.29, 1.82) is 5.26 Å². The van der Waals surface area contributed by atoms with E-state index >= 15 is 0 Å². The minimum absolute atomic E-state index is 0.119. The van der Waals surface area contributed by atoms with Crippen LogP contribution in [0, 0.1) is 30.0 Å². The zero-order valence-corrected chi connectivity index (χ0v) is 11.7. The number of fused-ring (bicyclic) bond motifs is 1. The molecule has 1 aromatic heterocycles. The molecule has 1 amide bonds. The SMILES string of the molecule is Cc1[nH]nc2c1NC(=O)[C@@H](C#N)[C@H]2c1c(F)cccc1Cl. The summed E-state index contributed by atoms with van der Waals surface area (Å²) >= 11 is 6.09. The van der Waals surface area contributed by atoms with Gasteiger partial charge in [0.1, 0.15) is 11.7 Å². The molecule has 3 rings (SSSR count). The third kappa shape index (κ3) is 1.98. The standard InChI is InChI=1S/C14H10ClFN4O/c1-6-12-13(20-19-6)10(7(5-17)14(21)18-12)11-8(15)3-2-4-9(11)16/h2-4,7,10H,1H3,(H,18,21)(H,19,20)/t7-,10-/m0/s1. The van der Waals surface area contributed by atoms with Crippen LogP contribution in [0.1, 0.15) is 22.9 Å². The number of halogens is 2. The van der Waals surface area contributed by atoms with E-state index in [9.17, 15) is 14.4 Å². The number of carbonyl (C=O) groups excluding carboxylic acids is 1. The number of benzene rings is 1. The summed E-state index contributed by atoms with van der Waals surface area (Å²) in [6.07, 6.45) is 0. The lowest BCUT2D eigenvalue weighted by Crippen LogP contribution is -2.33. The molecule has 0 spiro atoms. The Morgan fingerprint density at radius 3 is 2.90 bits per heavy atom. The van der Waals surface area contributed by atoms with E-state index in [1.165, 1.54) is 18.2 Å². The van der Waals surface area contributed by atoms with E-state index in [2.05, 4.69) is 15.5 Å². The quantitative estimate of drug-likeness (QED) is 0.850. The predicted octanol–water partition coefficient (Wildman–Crippen LogP) is 2.73. The smallest absolute Gasteiger partial charge is 0.242 e. The summed E-state index contributed by atoms with van der Waals surface area (Å²) in [6, 6.07) is 6.17. The van der Waals surface area contributed by atoms with Crippen LogP contribution >= 0.6 is 11.6 Å². The molecule has 2 N–H and O–H groups in total. The summed E-state index contributed by atoms with van der Waals surface area (Å²) < 4.78 is 14.2. The van der Waals surface area contributed by atoms with Crippen molar-refractivity contribution < 1.29 is 9.18 Å². The second-order valence-corrected chi connectivity index (χ2v) is 5.23. The van der Waals surface area contributed by atoms with Crippen LogP contribution in [0.15, 0.2) is 18.2 Å². The molecule has 2 atom stereocenters. The Morgan fingerprint density at radius 2 is 2.24 bits per heavy atom. The van der Waals surface area contributed by atoms with E-state index in [0.29, 0.717) is 17.1 Å². The van der Waals surface area contributed by atoms with Crippen molar-refractivity contribution in [2.24, 2.45) is 5.92 Å². The molecule has 1 aromatic carbocycles. The zero-order valence-electron chi connectivity index (χ0n) is 10.9. The Hall–Kier alpha value is -2.39. The molecule has 21 heavy (non-hydrogen) atoms. The van der Waals surface area contributed by atoms with Crippen LogP contribution in [0.5, 0.6) is 0 Å². The fraction of sp³-hybridized carbons (Fsp3) is 0.214. The monoisotopic (exact) mass is 304 g/mol. The first-order valence-corrected chi connectivity index (χ1v) is 6.61. The Morgan fingerprint density at radius 1 is 1.48 bits per heavy atom. The van der Waals surface area contributed by atoms with Crippen molar-refractivity contribution in [1.82, 2.24) is 10.2 Å². The minimum atomic E-state index is -1.09. The first-order chi connectivity index (χ1) is 10.0. The molecule has 1 aliphatic rings. The number of aryl methyl sites for hydroxylation is 1. The van der Waals surface area contributed by atoms with Crippen LogP contribution in [-0.4, -0.2) is 16.1 Å². The zero-order chi connectivity index (χ0) is 15.1. The van der Waals surface area contributed by atoms with Gasteiger partial charge in [-0.05, 0) is 19.1 Å². The Labute approximate surface area is 124 Å². The number of hydrogen-bond donors (Lipinski definition) is 2. The number of nitriles is 1. The van der Waals surface area contributed by atoms with Crippen molar-refractivity contribution in [3.63, 3.8) is 0 Å². The van der Waals surface area contributed by atoms with Gasteiger partial charge >= 0.3 is 0 Å². The summed E-state index contributed by atoms with van der Waals surface area (Å²) in [4.78, 5) is 12.1. The van der Waals surface area contributed by atoms with Gasteiger partial charge < -0.3 is 5.32 Å². The van der Waals surface area contributed by atoms with E-state index in [1.54, 1.807) is 6.92 Å². The highest BCUT2D eigenvalue weighted by Gasteiger charge is 2.41. The summed E-state index contributed by atoms with van der Waals surface area (Å²) in [5.74, 6) is -2.97. The maximum absolute atomic E-state index is 14.2. The maximum Gasteiger partial charge on any atom is 0.242 e. The summed E-state index contributed by atoms with van der Waals surface area (Å²) in [5, 5.41) is 18.9. The van der Waals surface area contributed by atoms with Gasteiger partial charge in [-0.2, -0.15) is 10.4 Å². The first-order valence-electron chi connectivity index (χ1n) is 6.23. The molecule has 1 aliphatic heterocycles. The topological polar surface area (TPSA) is 81.6 Å². The van der Waals surface area contributed by atoms with Gasteiger partial charge in [0.25, 0.3) is 0 Å². The number of aromatic nitrogens is 2. The lowest BCUT2D eigenvalue weighted by Gasteiger charge is -2.27. The van der Waals surface area contributed by atoms with Crippen molar-refractivity contribution in [3.05, 3.63) is 46.0 Å². The largest absolute Gasteiger partial charge is 0.322 e. The second kappa shape index (κ2) is 4.86. The molecule has 2 heterocycles. The molecule has 2 aromatic rings. The van der Waals surface area contributed by atoms with Gasteiger partial charge in [-0.3, -0.25) is 9.89 Å². The van der Waals surface area contributed by atoms with E-state index in [4.69, 9.17) is 11.6 Å². The van der Waals surface area contributed by atoms with Crippen LogP contribution in [0.2, 0.25) is 5.02 Å². The highest BCUT2D eigenvalue weighted by atomic mass is 35.5. The van der Waals surface area contributed by atoms with E-state index in [0.717, 1.165) is 0 Å². The fourth-order valence-electron chi connectivity index (χ4n) is 2.59. The van der Waals surface area contributed by atoms with E-state index < -0.39 is 23.6 Å².